The summed E-state index contributed by atoms with van der Waals surface area (Å²) in [6, 6.07) is 0. The molecule has 1 saturated heterocycles. The second-order valence-corrected chi connectivity index (χ2v) is 5.66. The molecule has 5 heteroatoms. The van der Waals surface area contributed by atoms with Gasteiger partial charge in [-0.25, -0.2) is 4.98 Å². The lowest BCUT2D eigenvalue weighted by molar-refractivity contribution is 0.382. The fourth-order valence-electron chi connectivity index (χ4n) is 1.66. The molecule has 0 amide bonds. The molecule has 1 unspecified atom stereocenters. The van der Waals surface area contributed by atoms with E-state index in [2.05, 4.69) is 10.3 Å². The summed E-state index contributed by atoms with van der Waals surface area (Å²) in [5, 5.41) is 3.19. The SMILES string of the molecule is Cn1ccnc1CCS(=O)CC1CNC1. The lowest BCUT2D eigenvalue weighted by Crippen LogP contribution is -2.45. The second-order valence-electron chi connectivity index (χ2n) is 4.04. The number of aryl methyl sites for hydroxylation is 2. The van der Waals surface area contributed by atoms with Gasteiger partial charge < -0.3 is 9.88 Å². The summed E-state index contributed by atoms with van der Waals surface area (Å²) in [6.07, 6.45) is 4.53. The molecule has 0 aliphatic carbocycles. The molecule has 1 aliphatic rings. The Morgan fingerprint density at radius 3 is 3.00 bits per heavy atom. The molecule has 0 aromatic carbocycles. The van der Waals surface area contributed by atoms with E-state index >= 15 is 0 Å². The van der Waals surface area contributed by atoms with Crippen molar-refractivity contribution in [1.29, 1.82) is 0 Å². The molecule has 0 bridgehead atoms. The zero-order valence-corrected chi connectivity index (χ0v) is 9.80. The third-order valence-electron chi connectivity index (χ3n) is 2.76. The Kier molecular flexibility index (Phi) is 3.53. The highest BCUT2D eigenvalue weighted by Crippen LogP contribution is 2.06. The number of hydrogen-bond acceptors (Lipinski definition) is 3. The maximum absolute atomic E-state index is 11.7. The monoisotopic (exact) mass is 227 g/mol. The van der Waals surface area contributed by atoms with E-state index in [0.29, 0.717) is 5.92 Å². The Morgan fingerprint density at radius 2 is 2.47 bits per heavy atom. The third kappa shape index (κ3) is 2.89. The summed E-state index contributed by atoms with van der Waals surface area (Å²) >= 11 is 0. The van der Waals surface area contributed by atoms with Crippen LogP contribution in [0.25, 0.3) is 0 Å². The molecule has 84 valence electrons. The summed E-state index contributed by atoms with van der Waals surface area (Å²) < 4.78 is 13.7. The number of hydrogen-bond donors (Lipinski definition) is 1. The summed E-state index contributed by atoms with van der Waals surface area (Å²) in [6.45, 7) is 2.07. The molecular formula is C10H17N3OS. The number of nitrogens with zero attached hydrogens (tertiary/aromatic N) is 2. The van der Waals surface area contributed by atoms with Gasteiger partial charge in [-0.3, -0.25) is 4.21 Å². The molecule has 0 spiro atoms. The third-order valence-corrected chi connectivity index (χ3v) is 4.26. The predicted molar refractivity (Wildman–Crippen MR) is 61.1 cm³/mol. The second kappa shape index (κ2) is 4.90. The minimum absolute atomic E-state index is 0.632. The summed E-state index contributed by atoms with van der Waals surface area (Å²) in [5.41, 5.74) is 0. The van der Waals surface area contributed by atoms with Gasteiger partial charge in [0.1, 0.15) is 5.82 Å². The molecule has 2 heterocycles. The van der Waals surface area contributed by atoms with E-state index in [1.807, 2.05) is 17.8 Å². The van der Waals surface area contributed by atoms with Crippen LogP contribution in [0.3, 0.4) is 0 Å². The van der Waals surface area contributed by atoms with Crippen molar-refractivity contribution in [2.75, 3.05) is 24.6 Å². The lowest BCUT2D eigenvalue weighted by atomic mass is 10.1. The Balaban J connectivity index is 1.73. The fourth-order valence-corrected chi connectivity index (χ4v) is 2.99. The molecule has 1 atom stereocenters. The molecule has 1 aromatic heterocycles. The van der Waals surface area contributed by atoms with Crippen LogP contribution >= 0.6 is 0 Å². The van der Waals surface area contributed by atoms with Gasteiger partial charge in [-0.1, -0.05) is 0 Å². The largest absolute Gasteiger partial charge is 0.338 e. The lowest BCUT2D eigenvalue weighted by Gasteiger charge is -2.26. The Hall–Kier alpha value is -0.680. The van der Waals surface area contributed by atoms with E-state index in [-0.39, 0.29) is 0 Å². The standard InChI is InChI=1S/C10H17N3OS/c1-13-4-3-12-10(13)2-5-15(14)8-9-6-11-7-9/h3-4,9,11H,2,5-8H2,1H3. The summed E-state index contributed by atoms with van der Waals surface area (Å²) in [5.74, 6) is 3.24. The quantitative estimate of drug-likeness (QED) is 0.766. The average Bonchev–Trinajstić information content (AvgIpc) is 2.55. The Bertz CT molecular complexity index is 346. The smallest absolute Gasteiger partial charge is 0.109 e. The summed E-state index contributed by atoms with van der Waals surface area (Å²) in [7, 11) is 1.29. The molecule has 1 fully saturated rings. The highest BCUT2D eigenvalue weighted by atomic mass is 32.2. The summed E-state index contributed by atoms with van der Waals surface area (Å²) in [4.78, 5) is 4.22. The van der Waals surface area contributed by atoms with Gasteiger partial charge in [0.25, 0.3) is 0 Å². The molecule has 4 nitrogen and oxygen atoms in total. The molecule has 0 radical (unpaired) electrons. The minimum Gasteiger partial charge on any atom is -0.338 e. The van der Waals surface area contributed by atoms with E-state index in [1.54, 1.807) is 6.20 Å². The molecule has 1 N–H and O–H groups in total. The first-order valence-corrected chi connectivity index (χ1v) is 6.76. The molecule has 1 aromatic rings. The molecule has 15 heavy (non-hydrogen) atoms. The molecule has 1 aliphatic heterocycles. The topological polar surface area (TPSA) is 46.9 Å². The number of nitrogens with one attached hydrogen (secondary N) is 1. The maximum Gasteiger partial charge on any atom is 0.109 e. The zero-order chi connectivity index (χ0) is 10.7. The van der Waals surface area contributed by atoms with Gasteiger partial charge in [0.15, 0.2) is 0 Å². The van der Waals surface area contributed by atoms with Crippen molar-refractivity contribution in [2.24, 2.45) is 13.0 Å². The number of aromatic nitrogens is 2. The van der Waals surface area contributed by atoms with Crippen LogP contribution < -0.4 is 5.32 Å². The van der Waals surface area contributed by atoms with Gasteiger partial charge >= 0.3 is 0 Å². The van der Waals surface area contributed by atoms with E-state index in [9.17, 15) is 4.21 Å². The Morgan fingerprint density at radius 1 is 1.67 bits per heavy atom. The van der Waals surface area contributed by atoms with E-state index in [1.165, 1.54) is 0 Å². The van der Waals surface area contributed by atoms with E-state index in [0.717, 1.165) is 36.8 Å². The van der Waals surface area contributed by atoms with Crippen LogP contribution in [0, 0.1) is 5.92 Å². The minimum atomic E-state index is -0.685. The van der Waals surface area contributed by atoms with Crippen molar-refractivity contribution in [3.8, 4) is 0 Å². The van der Waals surface area contributed by atoms with Crippen LogP contribution in [0.1, 0.15) is 5.82 Å². The van der Waals surface area contributed by atoms with Crippen molar-refractivity contribution in [3.05, 3.63) is 18.2 Å². The van der Waals surface area contributed by atoms with Crippen molar-refractivity contribution in [1.82, 2.24) is 14.9 Å². The highest BCUT2D eigenvalue weighted by Gasteiger charge is 2.19. The van der Waals surface area contributed by atoms with Crippen LogP contribution in [-0.2, 0) is 24.3 Å². The van der Waals surface area contributed by atoms with Gasteiger partial charge in [-0.2, -0.15) is 0 Å². The average molecular weight is 227 g/mol. The Labute approximate surface area is 92.5 Å². The van der Waals surface area contributed by atoms with Gasteiger partial charge in [0.2, 0.25) is 0 Å². The highest BCUT2D eigenvalue weighted by molar-refractivity contribution is 7.84. The first kappa shape index (κ1) is 10.8. The van der Waals surface area contributed by atoms with E-state index in [4.69, 9.17) is 0 Å². The van der Waals surface area contributed by atoms with Crippen LogP contribution in [0.2, 0.25) is 0 Å². The van der Waals surface area contributed by atoms with Crippen LogP contribution in [0.4, 0.5) is 0 Å². The van der Waals surface area contributed by atoms with Crippen LogP contribution in [0.5, 0.6) is 0 Å². The maximum atomic E-state index is 11.7. The van der Waals surface area contributed by atoms with Gasteiger partial charge in [-0.05, 0) is 5.92 Å². The first-order valence-electron chi connectivity index (χ1n) is 5.27. The molecule has 0 saturated carbocycles. The predicted octanol–water partition coefficient (Wildman–Crippen LogP) is -0.0693. The molecular weight excluding hydrogens is 210 g/mol. The number of imidazole rings is 1. The first-order chi connectivity index (χ1) is 7.25. The van der Waals surface area contributed by atoms with Gasteiger partial charge in [-0.15, -0.1) is 0 Å². The normalized spacial score (nSPS) is 18.7. The molecule has 2 rings (SSSR count). The van der Waals surface area contributed by atoms with E-state index < -0.39 is 10.8 Å². The number of rotatable bonds is 5. The van der Waals surface area contributed by atoms with Gasteiger partial charge in [0, 0.05) is 61.3 Å². The van der Waals surface area contributed by atoms with Gasteiger partial charge in [0.05, 0.1) is 0 Å². The van der Waals surface area contributed by atoms with Crippen LogP contribution in [0.15, 0.2) is 12.4 Å². The van der Waals surface area contributed by atoms with Crippen molar-refractivity contribution in [3.63, 3.8) is 0 Å². The van der Waals surface area contributed by atoms with Crippen molar-refractivity contribution < 1.29 is 4.21 Å². The van der Waals surface area contributed by atoms with Crippen molar-refractivity contribution >= 4 is 10.8 Å². The zero-order valence-electron chi connectivity index (χ0n) is 8.98. The van der Waals surface area contributed by atoms with Crippen molar-refractivity contribution in [2.45, 2.75) is 6.42 Å². The fraction of sp³-hybridized carbons (Fsp3) is 0.700. The van der Waals surface area contributed by atoms with Crippen LogP contribution in [-0.4, -0.2) is 38.4 Å².